The molecule has 1 aliphatic rings. The third kappa shape index (κ3) is 3.33. The quantitative estimate of drug-likeness (QED) is 0.753. The summed E-state index contributed by atoms with van der Waals surface area (Å²) in [5.74, 6) is -1.44. The van der Waals surface area contributed by atoms with E-state index in [4.69, 9.17) is 9.84 Å². The summed E-state index contributed by atoms with van der Waals surface area (Å²) < 4.78 is 29.1. The van der Waals surface area contributed by atoms with E-state index in [0.717, 1.165) is 0 Å². The maximum atomic E-state index is 11.4. The van der Waals surface area contributed by atoms with Crippen LogP contribution in [0.3, 0.4) is 0 Å². The van der Waals surface area contributed by atoms with Gasteiger partial charge in [0.15, 0.2) is 9.84 Å². The van der Waals surface area contributed by atoms with Crippen molar-refractivity contribution in [3.8, 4) is 5.75 Å². The van der Waals surface area contributed by atoms with Crippen LogP contribution in [0.25, 0.3) is 0 Å². The van der Waals surface area contributed by atoms with Crippen molar-refractivity contribution in [2.75, 3.05) is 11.5 Å². The average molecular weight is 430 g/mol. The third-order valence-corrected chi connectivity index (χ3v) is 5.65. The number of halogens is 2. The topological polar surface area (TPSA) is 101 Å². The molecule has 20 heavy (non-hydrogen) atoms. The summed E-state index contributed by atoms with van der Waals surface area (Å²) in [6.07, 6.45) is -1.97. The first-order valence-corrected chi connectivity index (χ1v) is 8.88. The first-order chi connectivity index (χ1) is 9.19. The maximum Gasteiger partial charge on any atom is 0.335 e. The molecule has 1 heterocycles. The summed E-state index contributed by atoms with van der Waals surface area (Å²) in [5.41, 5.74) is 0.0516. The molecule has 0 spiro atoms. The Morgan fingerprint density at radius 1 is 1.25 bits per heavy atom. The number of ether oxygens (including phenoxy) is 1. The Balaban J connectivity index is 2.29. The monoisotopic (exact) mass is 428 g/mol. The highest BCUT2D eigenvalue weighted by atomic mass is 79.9. The third-order valence-electron chi connectivity index (χ3n) is 2.79. The van der Waals surface area contributed by atoms with Crippen LogP contribution in [-0.4, -0.2) is 48.3 Å². The van der Waals surface area contributed by atoms with Gasteiger partial charge >= 0.3 is 5.97 Å². The number of rotatable bonds is 3. The Bertz CT molecular complexity index is 634. The van der Waals surface area contributed by atoms with Crippen LogP contribution < -0.4 is 4.74 Å². The smallest absolute Gasteiger partial charge is 0.335 e. The first-order valence-electron chi connectivity index (χ1n) is 5.47. The molecule has 9 heteroatoms. The minimum Gasteiger partial charge on any atom is -0.484 e. The molecule has 2 rings (SSSR count). The summed E-state index contributed by atoms with van der Waals surface area (Å²) >= 11 is 6.35. The van der Waals surface area contributed by atoms with Gasteiger partial charge < -0.3 is 14.9 Å². The van der Waals surface area contributed by atoms with Crippen LogP contribution in [0.2, 0.25) is 0 Å². The van der Waals surface area contributed by atoms with Crippen molar-refractivity contribution in [2.24, 2.45) is 0 Å². The zero-order chi connectivity index (χ0) is 15.1. The average Bonchev–Trinajstić information content (AvgIpc) is 2.56. The number of carboxylic acids is 1. The van der Waals surface area contributed by atoms with E-state index in [2.05, 4.69) is 31.9 Å². The van der Waals surface area contributed by atoms with Crippen molar-refractivity contribution >= 4 is 47.7 Å². The number of carbonyl (C=O) groups is 1. The predicted molar refractivity (Wildman–Crippen MR) is 77.9 cm³/mol. The zero-order valence-corrected chi connectivity index (χ0v) is 13.9. The van der Waals surface area contributed by atoms with Crippen LogP contribution in [0, 0.1) is 0 Å². The number of sulfone groups is 1. The number of aromatic carboxylic acids is 1. The van der Waals surface area contributed by atoms with Gasteiger partial charge in [-0.05, 0) is 44.0 Å². The van der Waals surface area contributed by atoms with Crippen LogP contribution in [0.1, 0.15) is 10.4 Å². The number of benzene rings is 1. The molecule has 0 saturated carbocycles. The van der Waals surface area contributed by atoms with Gasteiger partial charge in [0.25, 0.3) is 0 Å². The van der Waals surface area contributed by atoms with Gasteiger partial charge in [-0.25, -0.2) is 13.2 Å². The van der Waals surface area contributed by atoms with Crippen molar-refractivity contribution in [3.63, 3.8) is 0 Å². The van der Waals surface area contributed by atoms with Gasteiger partial charge in [0.1, 0.15) is 18.0 Å². The summed E-state index contributed by atoms with van der Waals surface area (Å²) in [6, 6.07) is 2.69. The van der Waals surface area contributed by atoms with Gasteiger partial charge in [0.2, 0.25) is 0 Å². The van der Waals surface area contributed by atoms with E-state index in [9.17, 15) is 18.3 Å². The molecule has 0 aromatic heterocycles. The van der Waals surface area contributed by atoms with Gasteiger partial charge in [0, 0.05) is 0 Å². The second-order valence-corrected chi connectivity index (χ2v) is 8.24. The Kier molecular flexibility index (Phi) is 4.43. The molecule has 1 saturated heterocycles. The van der Waals surface area contributed by atoms with Crippen molar-refractivity contribution in [3.05, 3.63) is 26.6 Å². The molecule has 2 unspecified atom stereocenters. The minimum absolute atomic E-state index is 0.0516. The molecular weight excluding hydrogens is 420 g/mol. The summed E-state index contributed by atoms with van der Waals surface area (Å²) in [5, 5.41) is 18.6. The lowest BCUT2D eigenvalue weighted by Gasteiger charge is -2.18. The second kappa shape index (κ2) is 5.63. The number of hydrogen-bond donors (Lipinski definition) is 2. The van der Waals surface area contributed by atoms with Gasteiger partial charge in [-0.1, -0.05) is 0 Å². The number of aliphatic hydroxyl groups excluding tert-OH is 1. The van der Waals surface area contributed by atoms with Crippen LogP contribution in [0.4, 0.5) is 0 Å². The molecule has 1 aromatic carbocycles. The molecule has 0 radical (unpaired) electrons. The van der Waals surface area contributed by atoms with E-state index in [-0.39, 0.29) is 22.8 Å². The molecule has 1 aliphatic heterocycles. The maximum absolute atomic E-state index is 11.4. The molecular formula is C11H10Br2O6S. The SMILES string of the molecule is O=C(O)c1cc(Br)c(OC2CS(=O)(=O)CC2O)c(Br)c1. The Morgan fingerprint density at radius 2 is 1.80 bits per heavy atom. The van der Waals surface area contributed by atoms with E-state index < -0.39 is 28.0 Å². The van der Waals surface area contributed by atoms with Crippen LogP contribution in [0.15, 0.2) is 21.1 Å². The number of aliphatic hydroxyl groups is 1. The van der Waals surface area contributed by atoms with Crippen LogP contribution >= 0.6 is 31.9 Å². The lowest BCUT2D eigenvalue weighted by atomic mass is 10.2. The molecule has 110 valence electrons. The van der Waals surface area contributed by atoms with Crippen LogP contribution in [-0.2, 0) is 9.84 Å². The highest BCUT2D eigenvalue weighted by Gasteiger charge is 2.38. The van der Waals surface area contributed by atoms with Gasteiger partial charge in [-0.2, -0.15) is 0 Å². The fourth-order valence-electron chi connectivity index (χ4n) is 1.86. The standard InChI is InChI=1S/C11H10Br2O6S/c12-6-1-5(11(15)16)2-7(13)10(6)19-9-4-20(17,18)3-8(9)14/h1-2,8-9,14H,3-4H2,(H,15,16). The number of carboxylic acid groups (broad SMARTS) is 1. The fraction of sp³-hybridized carbons (Fsp3) is 0.364. The minimum atomic E-state index is -3.31. The van der Waals surface area contributed by atoms with E-state index >= 15 is 0 Å². The Hall–Kier alpha value is -0.640. The van der Waals surface area contributed by atoms with Crippen LogP contribution in [0.5, 0.6) is 5.75 Å². The van der Waals surface area contributed by atoms with Crippen molar-refractivity contribution in [1.29, 1.82) is 0 Å². The molecule has 2 N–H and O–H groups in total. The first kappa shape index (κ1) is 15.7. The molecule has 1 aromatic rings. The zero-order valence-electron chi connectivity index (χ0n) is 9.92. The molecule has 6 nitrogen and oxygen atoms in total. The fourth-order valence-corrected chi connectivity index (χ4v) is 4.89. The van der Waals surface area contributed by atoms with E-state index in [0.29, 0.717) is 8.95 Å². The largest absolute Gasteiger partial charge is 0.484 e. The summed E-state index contributed by atoms with van der Waals surface area (Å²) in [6.45, 7) is 0. The summed E-state index contributed by atoms with van der Waals surface area (Å²) in [4.78, 5) is 10.9. The lowest BCUT2D eigenvalue weighted by molar-refractivity contribution is 0.0691. The highest BCUT2D eigenvalue weighted by molar-refractivity contribution is 9.11. The molecule has 0 bridgehead atoms. The van der Waals surface area contributed by atoms with E-state index in [1.165, 1.54) is 12.1 Å². The molecule has 0 amide bonds. The molecule has 2 atom stereocenters. The van der Waals surface area contributed by atoms with Gasteiger partial charge in [0.05, 0.1) is 26.0 Å². The van der Waals surface area contributed by atoms with E-state index in [1.807, 2.05) is 0 Å². The van der Waals surface area contributed by atoms with Crippen molar-refractivity contribution < 1.29 is 28.2 Å². The Labute approximate surface area is 131 Å². The highest BCUT2D eigenvalue weighted by Crippen LogP contribution is 2.36. The van der Waals surface area contributed by atoms with Gasteiger partial charge in [-0.3, -0.25) is 0 Å². The normalized spacial score (nSPS) is 24.6. The van der Waals surface area contributed by atoms with E-state index in [1.54, 1.807) is 0 Å². The van der Waals surface area contributed by atoms with Gasteiger partial charge in [-0.15, -0.1) is 0 Å². The predicted octanol–water partition coefficient (Wildman–Crippen LogP) is 1.45. The Morgan fingerprint density at radius 3 is 2.20 bits per heavy atom. The van der Waals surface area contributed by atoms with Crippen molar-refractivity contribution in [2.45, 2.75) is 12.2 Å². The summed E-state index contributed by atoms with van der Waals surface area (Å²) in [7, 11) is -3.31. The lowest BCUT2D eigenvalue weighted by Crippen LogP contribution is -2.30. The second-order valence-electron chi connectivity index (χ2n) is 4.37. The molecule has 0 aliphatic carbocycles. The molecule has 1 fully saturated rings. The van der Waals surface area contributed by atoms with Crippen molar-refractivity contribution in [1.82, 2.24) is 0 Å². The number of hydrogen-bond acceptors (Lipinski definition) is 5.